The van der Waals surface area contributed by atoms with Crippen LogP contribution in [0.4, 0.5) is 11.4 Å². The fraction of sp³-hybridized carbons (Fsp3) is 0.0556. The second-order valence-electron chi connectivity index (χ2n) is 9.91. The monoisotopic (exact) mass is 598 g/mol. The Balaban J connectivity index is 1.36. The van der Waals surface area contributed by atoms with Crippen LogP contribution in [0.15, 0.2) is 144 Å². The Hall–Kier alpha value is -5.47. The molecule has 0 saturated heterocycles. The average Bonchev–Trinajstić information content (AvgIpc) is 3.06. The molecule has 1 unspecified atom stereocenters. The number of hydrogen-bond acceptors (Lipinski definition) is 5. The highest BCUT2D eigenvalue weighted by Gasteiger charge is 2.23. The number of anilines is 2. The van der Waals surface area contributed by atoms with Gasteiger partial charge < -0.3 is 16.0 Å². The van der Waals surface area contributed by atoms with E-state index in [-0.39, 0.29) is 11.6 Å². The fourth-order valence-electron chi connectivity index (χ4n) is 4.30. The molecule has 5 rings (SSSR count). The maximum Gasteiger partial charge on any atom is 0.272 e. The molecule has 0 spiro atoms. The highest BCUT2D eigenvalue weighted by molar-refractivity contribution is 8.00. The molecular formula is C36H30N4O3S. The summed E-state index contributed by atoms with van der Waals surface area (Å²) in [5.74, 6) is -1.08. The number of pyridine rings is 1. The van der Waals surface area contributed by atoms with Gasteiger partial charge in [-0.15, -0.1) is 11.8 Å². The number of carbonyl (C=O) groups is 3. The Morgan fingerprint density at radius 1 is 0.750 bits per heavy atom. The van der Waals surface area contributed by atoms with Crippen LogP contribution in [0.25, 0.3) is 6.08 Å². The maximum atomic E-state index is 13.5. The number of benzene rings is 4. The van der Waals surface area contributed by atoms with Crippen LogP contribution in [0.5, 0.6) is 0 Å². The van der Waals surface area contributed by atoms with Gasteiger partial charge in [-0.3, -0.25) is 19.4 Å². The minimum atomic E-state index is -0.547. The molecule has 1 heterocycles. The van der Waals surface area contributed by atoms with Crippen LogP contribution in [0.1, 0.15) is 32.3 Å². The summed E-state index contributed by atoms with van der Waals surface area (Å²) in [4.78, 5) is 44.8. The zero-order chi connectivity index (χ0) is 30.7. The number of nitrogens with one attached hydrogen (secondary N) is 3. The summed E-state index contributed by atoms with van der Waals surface area (Å²) < 4.78 is 0. The maximum absolute atomic E-state index is 13.5. The quantitative estimate of drug-likeness (QED) is 0.116. The third-order valence-electron chi connectivity index (χ3n) is 6.53. The third kappa shape index (κ3) is 8.30. The number of hydrogen-bond donors (Lipinski definition) is 3. The standard InChI is InChI=1S/C36H30N4O3S/c1-25-17-19-29(20-18-25)38-36(43)33(27-11-4-2-5-12-27)44-31-16-8-15-30(23-31)39-35(42)32(22-26-10-9-21-37-24-26)40-34(41)28-13-6-3-7-14-28/h2-24,33H,1H3,(H,38,43)(H,39,42)(H,40,41)/b32-22-. The van der Waals surface area contributed by atoms with Crippen molar-refractivity contribution in [1.29, 1.82) is 0 Å². The van der Waals surface area contributed by atoms with Crippen molar-refractivity contribution in [2.45, 2.75) is 17.1 Å². The summed E-state index contributed by atoms with van der Waals surface area (Å²) in [5.41, 5.74) is 4.32. The molecule has 1 aromatic heterocycles. The third-order valence-corrected chi connectivity index (χ3v) is 7.78. The molecule has 0 fully saturated rings. The molecule has 0 radical (unpaired) electrons. The fourth-order valence-corrected chi connectivity index (χ4v) is 5.38. The molecule has 0 bridgehead atoms. The van der Waals surface area contributed by atoms with Crippen LogP contribution in [0.2, 0.25) is 0 Å². The Kier molecular flexibility index (Phi) is 9.97. The molecule has 0 aliphatic carbocycles. The van der Waals surface area contributed by atoms with Crippen molar-refractivity contribution < 1.29 is 14.4 Å². The lowest BCUT2D eigenvalue weighted by molar-refractivity contribution is -0.116. The van der Waals surface area contributed by atoms with Crippen molar-refractivity contribution in [1.82, 2.24) is 10.3 Å². The zero-order valence-electron chi connectivity index (χ0n) is 23.9. The minimum absolute atomic E-state index is 0.0598. The van der Waals surface area contributed by atoms with Crippen LogP contribution in [-0.2, 0) is 9.59 Å². The summed E-state index contributed by atoms with van der Waals surface area (Å²) in [6.07, 6.45) is 4.81. The first-order valence-electron chi connectivity index (χ1n) is 13.9. The van der Waals surface area contributed by atoms with Crippen LogP contribution < -0.4 is 16.0 Å². The van der Waals surface area contributed by atoms with E-state index < -0.39 is 17.1 Å². The summed E-state index contributed by atoms with van der Waals surface area (Å²) in [5, 5.41) is 8.10. The molecule has 0 aliphatic heterocycles. The van der Waals surface area contributed by atoms with E-state index in [2.05, 4.69) is 20.9 Å². The SMILES string of the molecule is Cc1ccc(NC(=O)C(Sc2cccc(NC(=O)/C(=C/c3cccnc3)NC(=O)c3ccccc3)c2)c2ccccc2)cc1. The van der Waals surface area contributed by atoms with Crippen LogP contribution in [0, 0.1) is 6.92 Å². The topological polar surface area (TPSA) is 100 Å². The molecule has 0 aliphatic rings. The van der Waals surface area contributed by atoms with Crippen molar-refractivity contribution in [2.24, 2.45) is 0 Å². The number of aromatic nitrogens is 1. The van der Waals surface area contributed by atoms with E-state index in [9.17, 15) is 14.4 Å². The van der Waals surface area contributed by atoms with Crippen molar-refractivity contribution in [3.05, 3.63) is 162 Å². The van der Waals surface area contributed by atoms with Crippen LogP contribution in [0.3, 0.4) is 0 Å². The molecule has 3 amide bonds. The van der Waals surface area contributed by atoms with Gasteiger partial charge in [0.15, 0.2) is 0 Å². The van der Waals surface area contributed by atoms with E-state index in [0.29, 0.717) is 22.5 Å². The van der Waals surface area contributed by atoms with Gasteiger partial charge in [0.2, 0.25) is 5.91 Å². The van der Waals surface area contributed by atoms with Crippen molar-refractivity contribution in [3.8, 4) is 0 Å². The largest absolute Gasteiger partial charge is 0.325 e. The number of rotatable bonds is 10. The molecule has 7 nitrogen and oxygen atoms in total. The number of carbonyl (C=O) groups excluding carboxylic acids is 3. The van der Waals surface area contributed by atoms with E-state index in [0.717, 1.165) is 16.0 Å². The normalized spacial score (nSPS) is 11.7. The first kappa shape index (κ1) is 30.0. The Morgan fingerprint density at radius 3 is 2.18 bits per heavy atom. The zero-order valence-corrected chi connectivity index (χ0v) is 24.8. The lowest BCUT2D eigenvalue weighted by Crippen LogP contribution is -2.30. The molecule has 1 atom stereocenters. The summed E-state index contributed by atoms with van der Waals surface area (Å²) in [6, 6.07) is 36.7. The van der Waals surface area contributed by atoms with Gasteiger partial charge in [-0.2, -0.15) is 0 Å². The van der Waals surface area contributed by atoms with Crippen LogP contribution in [-0.4, -0.2) is 22.7 Å². The summed E-state index contributed by atoms with van der Waals surface area (Å²) in [7, 11) is 0. The molecular weight excluding hydrogens is 568 g/mol. The summed E-state index contributed by atoms with van der Waals surface area (Å²) in [6.45, 7) is 1.99. The van der Waals surface area contributed by atoms with E-state index >= 15 is 0 Å². The van der Waals surface area contributed by atoms with Gasteiger partial charge in [0.25, 0.3) is 11.8 Å². The molecule has 5 aromatic rings. The predicted molar refractivity (Wildman–Crippen MR) is 176 cm³/mol. The van der Waals surface area contributed by atoms with Crippen molar-refractivity contribution in [2.75, 3.05) is 10.6 Å². The van der Waals surface area contributed by atoms with Gasteiger partial charge in [-0.25, -0.2) is 0 Å². The van der Waals surface area contributed by atoms with Gasteiger partial charge >= 0.3 is 0 Å². The smallest absolute Gasteiger partial charge is 0.272 e. The Labute approximate surface area is 260 Å². The van der Waals surface area contributed by atoms with E-state index in [1.54, 1.807) is 67.0 Å². The molecule has 8 heteroatoms. The van der Waals surface area contributed by atoms with Crippen molar-refractivity contribution >= 4 is 46.9 Å². The molecule has 44 heavy (non-hydrogen) atoms. The van der Waals surface area contributed by atoms with E-state index in [1.165, 1.54) is 11.8 Å². The minimum Gasteiger partial charge on any atom is -0.325 e. The molecule has 0 saturated carbocycles. The number of amides is 3. The lowest BCUT2D eigenvalue weighted by Gasteiger charge is -2.18. The first-order valence-corrected chi connectivity index (χ1v) is 14.8. The van der Waals surface area contributed by atoms with Gasteiger partial charge in [0.05, 0.1) is 0 Å². The lowest BCUT2D eigenvalue weighted by atomic mass is 10.1. The van der Waals surface area contributed by atoms with E-state index in [1.807, 2.05) is 79.7 Å². The van der Waals surface area contributed by atoms with Gasteiger partial charge in [0.1, 0.15) is 10.9 Å². The highest BCUT2D eigenvalue weighted by atomic mass is 32.2. The average molecular weight is 599 g/mol. The number of nitrogens with zero attached hydrogens (tertiary/aromatic N) is 1. The predicted octanol–water partition coefficient (Wildman–Crippen LogP) is 7.27. The van der Waals surface area contributed by atoms with E-state index in [4.69, 9.17) is 0 Å². The van der Waals surface area contributed by atoms with Gasteiger partial charge in [0, 0.05) is 34.2 Å². The molecule has 3 N–H and O–H groups in total. The van der Waals surface area contributed by atoms with Crippen LogP contribution >= 0.6 is 11.8 Å². The van der Waals surface area contributed by atoms with Crippen molar-refractivity contribution in [3.63, 3.8) is 0 Å². The number of thioether (sulfide) groups is 1. The second-order valence-corrected chi connectivity index (χ2v) is 11.1. The Morgan fingerprint density at radius 2 is 1.48 bits per heavy atom. The molecule has 4 aromatic carbocycles. The molecule has 218 valence electrons. The highest BCUT2D eigenvalue weighted by Crippen LogP contribution is 2.37. The Bertz CT molecular complexity index is 1760. The number of aryl methyl sites for hydroxylation is 1. The van der Waals surface area contributed by atoms with Gasteiger partial charge in [-0.05, 0) is 72.7 Å². The summed E-state index contributed by atoms with van der Waals surface area (Å²) >= 11 is 1.38. The second kappa shape index (κ2) is 14.6. The van der Waals surface area contributed by atoms with Gasteiger partial charge in [-0.1, -0.05) is 78.4 Å². The first-order chi connectivity index (χ1) is 21.4.